The zero-order chi connectivity index (χ0) is 22.9. The van der Waals surface area contributed by atoms with Gasteiger partial charge in [-0.1, -0.05) is 61.9 Å². The molecule has 1 unspecified atom stereocenters. The smallest absolute Gasteiger partial charge is 0.220 e. The average molecular weight is 435 g/mol. The number of amides is 1. The molecule has 1 amide bonds. The Hall–Kier alpha value is -3.09. The first-order chi connectivity index (χ1) is 15.6. The van der Waals surface area contributed by atoms with E-state index >= 15 is 0 Å². The molecule has 0 saturated heterocycles. The number of ketones is 1. The lowest BCUT2D eigenvalue weighted by Crippen LogP contribution is -2.30. The van der Waals surface area contributed by atoms with Crippen molar-refractivity contribution in [3.63, 3.8) is 0 Å². The predicted octanol–water partition coefficient (Wildman–Crippen LogP) is 4.80. The Balaban J connectivity index is 1.72. The molecule has 0 bridgehead atoms. The van der Waals surface area contributed by atoms with Crippen molar-refractivity contribution in [2.75, 3.05) is 20.8 Å². The molecule has 6 nitrogen and oxygen atoms in total. The van der Waals surface area contributed by atoms with E-state index in [0.29, 0.717) is 22.9 Å². The Morgan fingerprint density at radius 1 is 1.00 bits per heavy atom. The third kappa shape index (κ3) is 5.58. The molecule has 0 fully saturated rings. The second-order valence-corrected chi connectivity index (χ2v) is 7.71. The highest BCUT2D eigenvalue weighted by Gasteiger charge is 2.20. The van der Waals surface area contributed by atoms with Gasteiger partial charge in [-0.3, -0.25) is 14.6 Å². The number of rotatable bonds is 11. The second kappa shape index (κ2) is 11.5. The van der Waals surface area contributed by atoms with E-state index in [1.807, 2.05) is 36.4 Å². The largest absolute Gasteiger partial charge is 0.352 e. The van der Waals surface area contributed by atoms with Gasteiger partial charge in [-0.15, -0.1) is 0 Å². The molecule has 1 heterocycles. The number of benzene rings is 2. The Bertz CT molecular complexity index is 1050. The van der Waals surface area contributed by atoms with Crippen LogP contribution in [-0.2, 0) is 14.3 Å². The minimum absolute atomic E-state index is 0.0617. The van der Waals surface area contributed by atoms with Gasteiger partial charge in [0.1, 0.15) is 0 Å². The Kier molecular flexibility index (Phi) is 8.48. The lowest BCUT2D eigenvalue weighted by Gasteiger charge is -2.17. The number of Topliss-reactive ketones (excluding diaryl/α,β-unsaturated/α-hetero) is 1. The molecule has 0 aliphatic heterocycles. The van der Waals surface area contributed by atoms with E-state index < -0.39 is 6.29 Å². The highest BCUT2D eigenvalue weighted by molar-refractivity contribution is 6.09. The number of pyridine rings is 1. The summed E-state index contributed by atoms with van der Waals surface area (Å²) < 4.78 is 10.7. The molecule has 0 saturated carbocycles. The predicted molar refractivity (Wildman–Crippen MR) is 125 cm³/mol. The number of fused-ring (bicyclic) bond motifs is 1. The first-order valence-electron chi connectivity index (χ1n) is 10.9. The Morgan fingerprint density at radius 2 is 1.75 bits per heavy atom. The van der Waals surface area contributed by atoms with Crippen LogP contribution in [0.2, 0.25) is 0 Å². The minimum atomic E-state index is -0.579. The fourth-order valence-electron chi connectivity index (χ4n) is 4.01. The van der Waals surface area contributed by atoms with Crippen molar-refractivity contribution < 1.29 is 19.1 Å². The van der Waals surface area contributed by atoms with Gasteiger partial charge >= 0.3 is 0 Å². The third-order valence-electron chi connectivity index (χ3n) is 5.57. The zero-order valence-corrected chi connectivity index (χ0v) is 18.8. The van der Waals surface area contributed by atoms with Crippen LogP contribution in [0.5, 0.6) is 0 Å². The van der Waals surface area contributed by atoms with E-state index in [4.69, 9.17) is 9.47 Å². The topological polar surface area (TPSA) is 77.5 Å². The molecule has 1 atom stereocenters. The molecule has 0 aliphatic rings. The lowest BCUT2D eigenvalue weighted by atomic mass is 9.91. The SMILES string of the molecule is CCCC(CC(=O)NCC(=O)c1ccc(C(OC)OC)c2ncccc12)c1ccccc1. The van der Waals surface area contributed by atoms with E-state index in [1.165, 1.54) is 0 Å². The summed E-state index contributed by atoms with van der Waals surface area (Å²) >= 11 is 0. The first-order valence-corrected chi connectivity index (χ1v) is 10.9. The number of aromatic nitrogens is 1. The van der Waals surface area contributed by atoms with Crippen molar-refractivity contribution in [1.82, 2.24) is 10.3 Å². The average Bonchev–Trinajstić information content (AvgIpc) is 2.83. The number of carbonyl (C=O) groups is 2. The van der Waals surface area contributed by atoms with Crippen LogP contribution in [0.3, 0.4) is 0 Å². The van der Waals surface area contributed by atoms with Crippen LogP contribution in [0.25, 0.3) is 10.9 Å². The molecule has 6 heteroatoms. The van der Waals surface area contributed by atoms with Crippen molar-refractivity contribution in [2.45, 2.75) is 38.4 Å². The quantitative estimate of drug-likeness (QED) is 0.346. The maximum atomic E-state index is 13.0. The second-order valence-electron chi connectivity index (χ2n) is 7.71. The van der Waals surface area contributed by atoms with E-state index in [9.17, 15) is 9.59 Å². The van der Waals surface area contributed by atoms with Crippen LogP contribution in [-0.4, -0.2) is 37.4 Å². The fourth-order valence-corrected chi connectivity index (χ4v) is 4.01. The van der Waals surface area contributed by atoms with Gasteiger partial charge in [0, 0.05) is 43.4 Å². The standard InChI is InChI=1S/C26H30N2O4/c1-4-9-19(18-10-6-5-7-11-18)16-24(30)28-17-23(29)20-13-14-22(26(31-2)32-3)25-21(20)12-8-15-27-25/h5-8,10-15,19,26H,4,9,16-17H2,1-3H3,(H,28,30). The number of carbonyl (C=O) groups excluding carboxylic acids is 2. The number of hydrogen-bond acceptors (Lipinski definition) is 5. The maximum absolute atomic E-state index is 13.0. The van der Waals surface area contributed by atoms with E-state index in [-0.39, 0.29) is 24.2 Å². The summed E-state index contributed by atoms with van der Waals surface area (Å²) in [6.45, 7) is 2.05. The summed E-state index contributed by atoms with van der Waals surface area (Å²) in [7, 11) is 3.11. The van der Waals surface area contributed by atoms with Gasteiger partial charge in [-0.25, -0.2) is 0 Å². The van der Waals surface area contributed by atoms with E-state index in [1.54, 1.807) is 38.6 Å². The molecule has 1 N–H and O–H groups in total. The number of ether oxygens (including phenoxy) is 2. The minimum Gasteiger partial charge on any atom is -0.352 e. The highest BCUT2D eigenvalue weighted by atomic mass is 16.7. The van der Waals surface area contributed by atoms with Crippen molar-refractivity contribution in [2.24, 2.45) is 0 Å². The van der Waals surface area contributed by atoms with Gasteiger partial charge in [-0.05, 0) is 24.0 Å². The van der Waals surface area contributed by atoms with Crippen molar-refractivity contribution >= 4 is 22.6 Å². The number of nitrogens with zero attached hydrogens (tertiary/aromatic N) is 1. The molecule has 0 radical (unpaired) electrons. The van der Waals surface area contributed by atoms with E-state index in [0.717, 1.165) is 24.0 Å². The van der Waals surface area contributed by atoms with Crippen LogP contribution in [0.4, 0.5) is 0 Å². The summed E-state index contributed by atoms with van der Waals surface area (Å²) in [5.41, 5.74) is 3.05. The summed E-state index contributed by atoms with van der Waals surface area (Å²) in [5, 5.41) is 3.51. The van der Waals surface area contributed by atoms with Gasteiger partial charge in [0.05, 0.1) is 12.1 Å². The number of hydrogen-bond donors (Lipinski definition) is 1. The van der Waals surface area contributed by atoms with E-state index in [2.05, 4.69) is 17.2 Å². The van der Waals surface area contributed by atoms with Crippen molar-refractivity contribution in [3.8, 4) is 0 Å². The summed E-state index contributed by atoms with van der Waals surface area (Å²) in [4.78, 5) is 30.0. The van der Waals surface area contributed by atoms with Gasteiger partial charge in [0.2, 0.25) is 5.91 Å². The molecular formula is C26H30N2O4. The Morgan fingerprint density at radius 3 is 2.44 bits per heavy atom. The first kappa shape index (κ1) is 23.6. The molecule has 1 aromatic heterocycles. The van der Waals surface area contributed by atoms with Crippen molar-refractivity contribution in [3.05, 3.63) is 77.5 Å². The molecule has 2 aromatic carbocycles. The van der Waals surface area contributed by atoms with Crippen molar-refractivity contribution in [1.29, 1.82) is 0 Å². The fraction of sp³-hybridized carbons (Fsp3) is 0.346. The summed E-state index contributed by atoms with van der Waals surface area (Å²) in [6.07, 6.45) is 3.35. The number of nitrogens with one attached hydrogen (secondary N) is 1. The summed E-state index contributed by atoms with van der Waals surface area (Å²) in [5.74, 6) is -0.153. The third-order valence-corrected chi connectivity index (χ3v) is 5.57. The van der Waals surface area contributed by atoms with Crippen LogP contribution >= 0.6 is 0 Å². The zero-order valence-electron chi connectivity index (χ0n) is 18.8. The molecular weight excluding hydrogens is 404 g/mol. The van der Waals surface area contributed by atoms with Crippen LogP contribution in [0, 0.1) is 0 Å². The van der Waals surface area contributed by atoms with Gasteiger partial charge in [-0.2, -0.15) is 0 Å². The maximum Gasteiger partial charge on any atom is 0.220 e. The van der Waals surface area contributed by atoms with Crippen LogP contribution in [0.15, 0.2) is 60.8 Å². The molecule has 3 rings (SSSR count). The molecule has 168 valence electrons. The molecule has 0 aliphatic carbocycles. The van der Waals surface area contributed by atoms with Crippen LogP contribution < -0.4 is 5.32 Å². The normalized spacial score (nSPS) is 12.1. The van der Waals surface area contributed by atoms with Crippen LogP contribution in [0.1, 0.15) is 59.9 Å². The van der Waals surface area contributed by atoms with Gasteiger partial charge < -0.3 is 14.8 Å². The molecule has 3 aromatic rings. The highest BCUT2D eigenvalue weighted by Crippen LogP contribution is 2.28. The number of methoxy groups -OCH3 is 2. The summed E-state index contributed by atoms with van der Waals surface area (Å²) in [6, 6.07) is 17.2. The molecule has 32 heavy (non-hydrogen) atoms. The Labute approximate surface area is 189 Å². The monoisotopic (exact) mass is 434 g/mol. The lowest BCUT2D eigenvalue weighted by molar-refractivity contribution is -0.121. The van der Waals surface area contributed by atoms with Gasteiger partial charge in [0.25, 0.3) is 0 Å². The van der Waals surface area contributed by atoms with Gasteiger partial charge in [0.15, 0.2) is 12.1 Å². The molecule has 0 spiro atoms.